The highest BCUT2D eigenvalue weighted by Crippen LogP contribution is 2.37. The number of ether oxygens (including phenoxy) is 1. The minimum absolute atomic E-state index is 0.0577. The van der Waals surface area contributed by atoms with Gasteiger partial charge < -0.3 is 9.84 Å². The van der Waals surface area contributed by atoms with E-state index in [4.69, 9.17) is 14.7 Å². The molecule has 0 bridgehead atoms. The number of hydroxylamine groups is 2. The molecule has 10 heteroatoms. The van der Waals surface area contributed by atoms with Gasteiger partial charge in [0.15, 0.2) is 11.6 Å². The van der Waals surface area contributed by atoms with E-state index < -0.39 is 23.7 Å². The van der Waals surface area contributed by atoms with E-state index in [9.17, 15) is 23.5 Å². The van der Waals surface area contributed by atoms with Crippen molar-refractivity contribution in [3.63, 3.8) is 0 Å². The fraction of sp³-hybridized carbons (Fsp3) is 0.281. The van der Waals surface area contributed by atoms with E-state index in [-0.39, 0.29) is 30.1 Å². The van der Waals surface area contributed by atoms with Crippen LogP contribution in [0.3, 0.4) is 0 Å². The van der Waals surface area contributed by atoms with Crippen LogP contribution in [0.4, 0.5) is 8.78 Å². The molecule has 2 heterocycles. The number of methoxy groups -OCH3 is 1. The Hall–Kier alpha value is -4.25. The van der Waals surface area contributed by atoms with Gasteiger partial charge in [0.2, 0.25) is 0 Å². The third kappa shape index (κ3) is 6.30. The number of aromatic nitrogens is 2. The first-order chi connectivity index (χ1) is 20.2. The van der Waals surface area contributed by atoms with Crippen molar-refractivity contribution in [2.24, 2.45) is 5.92 Å². The molecule has 1 aliphatic heterocycles. The second-order valence-electron chi connectivity index (χ2n) is 10.3. The molecule has 0 amide bonds. The summed E-state index contributed by atoms with van der Waals surface area (Å²) in [5.74, 6) is -3.28. The van der Waals surface area contributed by atoms with E-state index in [1.54, 1.807) is 29.0 Å². The van der Waals surface area contributed by atoms with Crippen LogP contribution in [0, 0.1) is 24.5 Å². The molecule has 3 aromatic carbocycles. The minimum Gasteiger partial charge on any atom is -0.478 e. The van der Waals surface area contributed by atoms with E-state index in [0.29, 0.717) is 36.6 Å². The van der Waals surface area contributed by atoms with Crippen molar-refractivity contribution >= 4 is 11.8 Å². The van der Waals surface area contributed by atoms with Gasteiger partial charge in [-0.15, -0.1) is 0 Å². The smallest absolute Gasteiger partial charge is 0.335 e. The van der Waals surface area contributed by atoms with Crippen LogP contribution in [-0.2, 0) is 20.8 Å². The van der Waals surface area contributed by atoms with Crippen LogP contribution in [0.1, 0.15) is 39.7 Å². The van der Waals surface area contributed by atoms with Crippen molar-refractivity contribution in [1.29, 1.82) is 0 Å². The Morgan fingerprint density at radius 1 is 1.05 bits per heavy atom. The summed E-state index contributed by atoms with van der Waals surface area (Å²) in [5.41, 5.74) is 4.31. The number of ketones is 1. The Morgan fingerprint density at radius 3 is 2.45 bits per heavy atom. The van der Waals surface area contributed by atoms with Crippen LogP contribution < -0.4 is 0 Å². The molecule has 0 aliphatic carbocycles. The predicted octanol–water partition coefficient (Wildman–Crippen LogP) is 5.58. The van der Waals surface area contributed by atoms with E-state index >= 15 is 0 Å². The molecule has 8 nitrogen and oxygen atoms in total. The lowest BCUT2D eigenvalue weighted by Gasteiger charge is -2.18. The molecule has 0 radical (unpaired) electrons. The number of nitrogens with zero attached hydrogens (tertiary/aromatic N) is 3. The van der Waals surface area contributed by atoms with Crippen LogP contribution in [-0.4, -0.2) is 58.5 Å². The number of Topliss-reactive ketones (excluding diaryl/α,β-unsaturated/α-hetero) is 1. The SMILES string of the molecule is COCCN1C[C@@H](CC(=O)Cc2c(C)c(-c3ccc(C(=O)O)cc3)nn2-c2ccccc2)[C@H](c2ccc(F)c(F)c2)O1. The van der Waals surface area contributed by atoms with Gasteiger partial charge in [-0.3, -0.25) is 9.63 Å². The average molecular weight is 576 g/mol. The van der Waals surface area contributed by atoms with Gasteiger partial charge in [0.1, 0.15) is 11.9 Å². The number of carboxylic acids is 1. The number of benzene rings is 3. The van der Waals surface area contributed by atoms with E-state index in [2.05, 4.69) is 0 Å². The van der Waals surface area contributed by atoms with E-state index in [0.717, 1.165) is 28.9 Å². The van der Waals surface area contributed by atoms with Gasteiger partial charge in [-0.25, -0.2) is 18.3 Å². The van der Waals surface area contributed by atoms with Crippen LogP contribution in [0.25, 0.3) is 16.9 Å². The molecular formula is C32H31F2N3O5. The van der Waals surface area contributed by atoms with Gasteiger partial charge in [-0.1, -0.05) is 36.4 Å². The van der Waals surface area contributed by atoms with Gasteiger partial charge in [-0.05, 0) is 54.4 Å². The van der Waals surface area contributed by atoms with Crippen LogP contribution in [0.2, 0.25) is 0 Å². The molecule has 1 fully saturated rings. The normalized spacial score (nSPS) is 17.0. The van der Waals surface area contributed by atoms with Crippen LogP contribution in [0.5, 0.6) is 0 Å². The van der Waals surface area contributed by atoms with Crippen LogP contribution in [0.15, 0.2) is 72.8 Å². The van der Waals surface area contributed by atoms with Crippen molar-refractivity contribution in [1.82, 2.24) is 14.8 Å². The minimum atomic E-state index is -1.02. The van der Waals surface area contributed by atoms with E-state index in [1.807, 2.05) is 37.3 Å². The number of hydrogen-bond donors (Lipinski definition) is 1. The van der Waals surface area contributed by atoms with Crippen LogP contribution >= 0.6 is 0 Å². The largest absolute Gasteiger partial charge is 0.478 e. The third-order valence-corrected chi connectivity index (χ3v) is 7.45. The zero-order chi connectivity index (χ0) is 29.8. The van der Waals surface area contributed by atoms with Crippen molar-refractivity contribution in [2.45, 2.75) is 25.9 Å². The summed E-state index contributed by atoms with van der Waals surface area (Å²) in [6.07, 6.45) is -0.390. The number of carbonyl (C=O) groups is 2. The summed E-state index contributed by atoms with van der Waals surface area (Å²) < 4.78 is 34.6. The lowest BCUT2D eigenvalue weighted by molar-refractivity contribution is -0.155. The fourth-order valence-corrected chi connectivity index (χ4v) is 5.30. The zero-order valence-electron chi connectivity index (χ0n) is 23.3. The lowest BCUT2D eigenvalue weighted by Crippen LogP contribution is -2.24. The molecule has 5 rings (SSSR count). The zero-order valence-corrected chi connectivity index (χ0v) is 23.3. The number of carboxylic acid groups (broad SMARTS) is 1. The maximum absolute atomic E-state index is 14.1. The molecule has 2 atom stereocenters. The third-order valence-electron chi connectivity index (χ3n) is 7.45. The van der Waals surface area contributed by atoms with E-state index in [1.165, 1.54) is 18.2 Å². The van der Waals surface area contributed by atoms with Gasteiger partial charge in [-0.2, -0.15) is 10.2 Å². The van der Waals surface area contributed by atoms with Crippen molar-refractivity contribution in [3.05, 3.63) is 107 Å². The standard InChI is InChI=1S/C32H31F2N3O5/c1-20-29(37(25-6-4-3-5-7-25)35-30(20)21-8-10-22(11-9-21)32(39)40)18-26(38)16-24-19-36(14-15-41-2)42-31(24)23-12-13-27(33)28(34)17-23/h3-13,17,24,31H,14-16,18-19H2,1-2H3,(H,39,40)/t24-,31+/m1/s1. The van der Waals surface area contributed by atoms with Gasteiger partial charge >= 0.3 is 5.97 Å². The van der Waals surface area contributed by atoms with Gasteiger partial charge in [0.05, 0.1) is 29.2 Å². The summed E-state index contributed by atoms with van der Waals surface area (Å²) in [6.45, 7) is 3.20. The molecule has 1 aromatic heterocycles. The molecule has 1 aliphatic rings. The van der Waals surface area contributed by atoms with Gasteiger partial charge in [0.25, 0.3) is 0 Å². The number of para-hydroxylation sites is 1. The quantitative estimate of drug-likeness (QED) is 0.250. The summed E-state index contributed by atoms with van der Waals surface area (Å²) >= 11 is 0. The molecule has 1 N–H and O–H groups in total. The number of aromatic carboxylic acids is 1. The Bertz CT molecular complexity index is 1570. The first kappa shape index (κ1) is 29.2. The predicted molar refractivity (Wildman–Crippen MR) is 151 cm³/mol. The first-order valence-corrected chi connectivity index (χ1v) is 13.6. The maximum Gasteiger partial charge on any atom is 0.335 e. The molecule has 0 spiro atoms. The average Bonchev–Trinajstić information content (AvgIpc) is 3.54. The fourth-order valence-electron chi connectivity index (χ4n) is 5.30. The highest BCUT2D eigenvalue weighted by atomic mass is 19.2. The summed E-state index contributed by atoms with van der Waals surface area (Å²) in [4.78, 5) is 31.0. The molecule has 218 valence electrons. The Morgan fingerprint density at radius 2 is 1.79 bits per heavy atom. The molecule has 0 saturated carbocycles. The molecule has 4 aromatic rings. The molecular weight excluding hydrogens is 544 g/mol. The number of carbonyl (C=O) groups excluding carboxylic acids is 1. The second-order valence-corrected chi connectivity index (χ2v) is 10.3. The monoisotopic (exact) mass is 575 g/mol. The molecule has 42 heavy (non-hydrogen) atoms. The van der Waals surface area contributed by atoms with Gasteiger partial charge in [0, 0.05) is 44.5 Å². The summed E-state index contributed by atoms with van der Waals surface area (Å²) in [6, 6.07) is 19.6. The van der Waals surface area contributed by atoms with Crippen molar-refractivity contribution in [2.75, 3.05) is 26.8 Å². The number of hydrogen-bond acceptors (Lipinski definition) is 6. The summed E-state index contributed by atoms with van der Waals surface area (Å²) in [5, 5.41) is 15.8. The number of rotatable bonds is 11. The Kier molecular flexibility index (Phi) is 8.86. The van der Waals surface area contributed by atoms with Crippen molar-refractivity contribution < 1.29 is 33.1 Å². The lowest BCUT2D eigenvalue weighted by atomic mass is 9.90. The number of halogens is 2. The molecule has 1 saturated heterocycles. The first-order valence-electron chi connectivity index (χ1n) is 13.6. The summed E-state index contributed by atoms with van der Waals surface area (Å²) in [7, 11) is 1.58. The highest BCUT2D eigenvalue weighted by molar-refractivity contribution is 5.88. The molecule has 0 unspecified atom stereocenters. The van der Waals surface area contributed by atoms with Crippen molar-refractivity contribution in [3.8, 4) is 16.9 Å². The Balaban J connectivity index is 1.43. The topological polar surface area (TPSA) is 93.9 Å². The highest BCUT2D eigenvalue weighted by Gasteiger charge is 2.37. The second kappa shape index (κ2) is 12.7. The maximum atomic E-state index is 14.1. The Labute approximate surface area is 242 Å².